The van der Waals surface area contributed by atoms with Crippen LogP contribution in [0.5, 0.6) is 0 Å². The molecule has 0 aliphatic carbocycles. The first kappa shape index (κ1) is 17.0. The minimum Gasteiger partial charge on any atom is -0.444 e. The number of nitrogens with zero attached hydrogens (tertiary/aromatic N) is 5. The van der Waals surface area contributed by atoms with E-state index in [1.165, 1.54) is 0 Å². The molecule has 8 heteroatoms. The van der Waals surface area contributed by atoms with Crippen molar-refractivity contribution in [2.45, 2.75) is 58.8 Å². The molecule has 0 bridgehead atoms. The number of amides is 1. The van der Waals surface area contributed by atoms with E-state index >= 15 is 0 Å². The average Bonchev–Trinajstić information content (AvgIpc) is 3.11. The number of nitrogens with one attached hydrogen (secondary N) is 1. The average molecular weight is 320 g/mol. The summed E-state index contributed by atoms with van der Waals surface area (Å²) in [4.78, 5) is 16.2. The fraction of sp³-hybridized carbons (Fsp3) is 0.600. The van der Waals surface area contributed by atoms with Crippen LogP contribution in [-0.2, 0) is 17.8 Å². The third-order valence-corrected chi connectivity index (χ3v) is 3.24. The molecule has 2 rings (SSSR count). The fourth-order valence-electron chi connectivity index (χ4n) is 2.21. The first-order valence-corrected chi connectivity index (χ1v) is 7.72. The number of hydrogen-bond acceptors (Lipinski definition) is 5. The fourth-order valence-corrected chi connectivity index (χ4v) is 2.21. The van der Waals surface area contributed by atoms with Crippen molar-refractivity contribution >= 4 is 6.09 Å². The van der Waals surface area contributed by atoms with Gasteiger partial charge in [0.15, 0.2) is 0 Å². The Hall–Kier alpha value is -2.38. The molecule has 2 aromatic rings. The van der Waals surface area contributed by atoms with E-state index in [-0.39, 0.29) is 6.04 Å². The summed E-state index contributed by atoms with van der Waals surface area (Å²) < 4.78 is 9.09. The predicted octanol–water partition coefficient (Wildman–Crippen LogP) is 2.15. The molecule has 0 unspecified atom stereocenters. The van der Waals surface area contributed by atoms with Gasteiger partial charge in [-0.3, -0.25) is 4.68 Å². The molecule has 0 aliphatic rings. The highest BCUT2D eigenvalue weighted by atomic mass is 16.6. The Labute approximate surface area is 135 Å². The minimum atomic E-state index is -0.518. The van der Waals surface area contributed by atoms with E-state index in [1.807, 2.05) is 38.5 Å². The van der Waals surface area contributed by atoms with Crippen LogP contribution in [0.3, 0.4) is 0 Å². The molecular formula is C15H24N6O2. The Morgan fingerprint density at radius 1 is 1.39 bits per heavy atom. The Bertz CT molecular complexity index is 614. The van der Waals surface area contributed by atoms with Gasteiger partial charge in [0.25, 0.3) is 0 Å². The third kappa shape index (κ3) is 5.08. The molecule has 0 aliphatic heterocycles. The van der Waals surface area contributed by atoms with Crippen molar-refractivity contribution in [2.24, 2.45) is 0 Å². The highest BCUT2D eigenvalue weighted by Gasteiger charge is 2.21. The minimum absolute atomic E-state index is 0.150. The molecule has 0 spiro atoms. The second-order valence-corrected chi connectivity index (χ2v) is 6.29. The molecule has 8 nitrogen and oxygen atoms in total. The molecule has 1 atom stereocenters. The maximum absolute atomic E-state index is 12.0. The molecule has 1 amide bonds. The normalized spacial score (nSPS) is 12.9. The maximum atomic E-state index is 12.0. The largest absolute Gasteiger partial charge is 0.444 e. The van der Waals surface area contributed by atoms with Gasteiger partial charge < -0.3 is 14.6 Å². The number of ether oxygens (including phenoxy) is 1. The molecule has 2 aromatic heterocycles. The van der Waals surface area contributed by atoms with Crippen LogP contribution >= 0.6 is 0 Å². The molecule has 2 heterocycles. The van der Waals surface area contributed by atoms with E-state index in [1.54, 1.807) is 23.4 Å². The number of alkyl carbamates (subject to hydrolysis) is 1. The van der Waals surface area contributed by atoms with Gasteiger partial charge in [-0.2, -0.15) is 0 Å². The Morgan fingerprint density at radius 2 is 2.17 bits per heavy atom. The molecule has 0 aromatic carbocycles. The number of carbonyl (C=O) groups is 1. The SMILES string of the molecule is CC[C@@H](NC(=O)OC(C)(C)C)c1cncn1CCn1ccnn1. The zero-order chi connectivity index (χ0) is 16.9. The molecule has 23 heavy (non-hydrogen) atoms. The van der Waals surface area contributed by atoms with Crippen molar-refractivity contribution in [2.75, 3.05) is 0 Å². The van der Waals surface area contributed by atoms with Crippen molar-refractivity contribution in [3.05, 3.63) is 30.6 Å². The van der Waals surface area contributed by atoms with Crippen molar-refractivity contribution < 1.29 is 9.53 Å². The monoisotopic (exact) mass is 320 g/mol. The van der Waals surface area contributed by atoms with Crippen molar-refractivity contribution in [3.8, 4) is 0 Å². The first-order chi connectivity index (χ1) is 10.9. The van der Waals surface area contributed by atoms with Gasteiger partial charge in [-0.1, -0.05) is 12.1 Å². The van der Waals surface area contributed by atoms with Gasteiger partial charge >= 0.3 is 6.09 Å². The van der Waals surface area contributed by atoms with Gasteiger partial charge in [-0.15, -0.1) is 5.10 Å². The van der Waals surface area contributed by atoms with Crippen LogP contribution in [0.15, 0.2) is 24.9 Å². The molecule has 0 saturated carbocycles. The van der Waals surface area contributed by atoms with Crippen molar-refractivity contribution in [1.29, 1.82) is 0 Å². The van der Waals surface area contributed by atoms with Crippen LogP contribution in [0.25, 0.3) is 0 Å². The number of aromatic nitrogens is 5. The second kappa shape index (κ2) is 7.26. The predicted molar refractivity (Wildman–Crippen MR) is 84.7 cm³/mol. The summed E-state index contributed by atoms with van der Waals surface area (Å²) in [6.45, 7) is 8.93. The van der Waals surface area contributed by atoms with Crippen LogP contribution < -0.4 is 5.32 Å². The highest BCUT2D eigenvalue weighted by Crippen LogP contribution is 2.17. The lowest BCUT2D eigenvalue weighted by atomic mass is 10.1. The Morgan fingerprint density at radius 3 is 2.78 bits per heavy atom. The number of aryl methyl sites for hydroxylation is 2. The summed E-state index contributed by atoms with van der Waals surface area (Å²) in [6, 6.07) is -0.150. The smallest absolute Gasteiger partial charge is 0.408 e. The number of imidazole rings is 1. The van der Waals surface area contributed by atoms with Gasteiger partial charge in [-0.25, -0.2) is 9.78 Å². The van der Waals surface area contributed by atoms with Gasteiger partial charge in [0.1, 0.15) is 5.60 Å². The number of hydrogen-bond donors (Lipinski definition) is 1. The summed E-state index contributed by atoms with van der Waals surface area (Å²) in [5.41, 5.74) is 0.425. The van der Waals surface area contributed by atoms with Crippen LogP contribution in [0.1, 0.15) is 45.9 Å². The summed E-state index contributed by atoms with van der Waals surface area (Å²) in [6.07, 6.45) is 7.31. The zero-order valence-electron chi connectivity index (χ0n) is 14.1. The molecule has 0 saturated heterocycles. The third-order valence-electron chi connectivity index (χ3n) is 3.24. The van der Waals surface area contributed by atoms with Crippen LogP contribution in [0.2, 0.25) is 0 Å². The van der Waals surface area contributed by atoms with Crippen LogP contribution in [0, 0.1) is 0 Å². The Kier molecular flexibility index (Phi) is 5.36. The number of rotatable bonds is 6. The van der Waals surface area contributed by atoms with E-state index in [0.717, 1.165) is 12.1 Å². The lowest BCUT2D eigenvalue weighted by molar-refractivity contribution is 0.0500. The van der Waals surface area contributed by atoms with E-state index in [9.17, 15) is 4.79 Å². The van der Waals surface area contributed by atoms with Crippen LogP contribution in [-0.4, -0.2) is 36.2 Å². The van der Waals surface area contributed by atoms with Crippen molar-refractivity contribution in [3.63, 3.8) is 0 Å². The molecule has 0 fully saturated rings. The van der Waals surface area contributed by atoms with E-state index < -0.39 is 11.7 Å². The quantitative estimate of drug-likeness (QED) is 0.881. The summed E-state index contributed by atoms with van der Waals surface area (Å²) in [7, 11) is 0. The maximum Gasteiger partial charge on any atom is 0.408 e. The lowest BCUT2D eigenvalue weighted by Gasteiger charge is -2.23. The van der Waals surface area contributed by atoms with Gasteiger partial charge in [0.2, 0.25) is 0 Å². The second-order valence-electron chi connectivity index (χ2n) is 6.29. The summed E-state index contributed by atoms with van der Waals surface area (Å²) in [5, 5.41) is 10.6. The summed E-state index contributed by atoms with van der Waals surface area (Å²) >= 11 is 0. The lowest BCUT2D eigenvalue weighted by Crippen LogP contribution is -2.35. The standard InChI is InChI=1S/C15H24N6O2/c1-5-12(18-14(22)23-15(2,3)4)13-10-16-11-20(13)8-9-21-7-6-17-19-21/h6-7,10-12H,5,8-9H2,1-4H3,(H,18,22)/t12-/m1/s1. The molecular weight excluding hydrogens is 296 g/mol. The van der Waals surface area contributed by atoms with E-state index in [4.69, 9.17) is 4.74 Å². The van der Waals surface area contributed by atoms with Gasteiger partial charge in [0, 0.05) is 12.7 Å². The molecule has 1 N–H and O–H groups in total. The van der Waals surface area contributed by atoms with Gasteiger partial charge in [0.05, 0.1) is 37.0 Å². The summed E-state index contributed by atoms with van der Waals surface area (Å²) in [5.74, 6) is 0. The van der Waals surface area contributed by atoms with Crippen molar-refractivity contribution in [1.82, 2.24) is 29.9 Å². The number of carbonyl (C=O) groups excluding carboxylic acids is 1. The van der Waals surface area contributed by atoms with E-state index in [2.05, 4.69) is 20.6 Å². The van der Waals surface area contributed by atoms with Crippen LogP contribution in [0.4, 0.5) is 4.79 Å². The first-order valence-electron chi connectivity index (χ1n) is 7.72. The highest BCUT2D eigenvalue weighted by molar-refractivity contribution is 5.68. The topological polar surface area (TPSA) is 86.9 Å². The molecule has 0 radical (unpaired) electrons. The molecule has 126 valence electrons. The van der Waals surface area contributed by atoms with Gasteiger partial charge in [-0.05, 0) is 27.2 Å². The van der Waals surface area contributed by atoms with E-state index in [0.29, 0.717) is 13.1 Å². The Balaban J connectivity index is 2.01. The zero-order valence-corrected chi connectivity index (χ0v) is 14.1.